The highest BCUT2D eigenvalue weighted by Gasteiger charge is 2.14. The van der Waals surface area contributed by atoms with E-state index in [-0.39, 0.29) is 0 Å². The number of rotatable bonds is 4. The fraction of sp³-hybridized carbons (Fsp3) is 0.150. The average molecular weight is 324 g/mol. The van der Waals surface area contributed by atoms with E-state index in [1.165, 1.54) is 0 Å². The van der Waals surface area contributed by atoms with Crippen LogP contribution in [0.2, 0.25) is 0 Å². The molecule has 0 saturated heterocycles. The lowest BCUT2D eigenvalue weighted by Gasteiger charge is -2.15. The van der Waals surface area contributed by atoms with Crippen LogP contribution in [-0.2, 0) is 6.42 Å². The van der Waals surface area contributed by atoms with Crippen LogP contribution < -0.4 is 4.74 Å². The van der Waals surface area contributed by atoms with E-state index in [4.69, 9.17) is 21.3 Å². The summed E-state index contributed by atoms with van der Waals surface area (Å²) >= 11 is 6.01. The van der Waals surface area contributed by atoms with E-state index in [2.05, 4.69) is 0 Å². The number of aryl methyl sites for hydroxylation is 1. The third-order valence-electron chi connectivity index (χ3n) is 3.70. The Kier molecular flexibility index (Phi) is 4.63. The molecule has 3 rings (SSSR count). The molecule has 2 nitrogen and oxygen atoms in total. The normalized spacial score (nSPS) is 11.7. The largest absolute Gasteiger partial charge is 0.456 e. The number of fused-ring (bicyclic) bond motifs is 1. The van der Waals surface area contributed by atoms with Crippen LogP contribution in [0.25, 0.3) is 10.9 Å². The summed E-state index contributed by atoms with van der Waals surface area (Å²) in [5.74, 6) is 1.67. The van der Waals surface area contributed by atoms with Crippen molar-refractivity contribution in [3.05, 3.63) is 77.0 Å². The number of aromatic nitrogens is 1. The van der Waals surface area contributed by atoms with Crippen LogP contribution in [0.15, 0.2) is 65.7 Å². The predicted octanol–water partition coefficient (Wildman–Crippen LogP) is 6.02. The molecule has 0 aliphatic rings. The Balaban J connectivity index is 2.17. The number of pyridine rings is 1. The molecule has 0 bridgehead atoms. The Morgan fingerprint density at radius 2 is 1.78 bits per heavy atom. The molecule has 1 aromatic heterocycles. The molecular weight excluding hydrogens is 306 g/mol. The maximum absolute atomic E-state index is 6.22. The summed E-state index contributed by atoms with van der Waals surface area (Å²) in [6.07, 6.45) is 2.68. The highest BCUT2D eigenvalue weighted by Crippen LogP contribution is 2.35. The molecule has 0 N–H and O–H groups in total. The molecule has 0 aliphatic heterocycles. The number of ether oxygens (including phenoxy) is 1. The minimum absolute atomic E-state index is 0.696. The SMILES string of the molecule is CC(Cl)=CCc1c(C)nc2ccccc2c1Oc1ccccc1. The van der Waals surface area contributed by atoms with Gasteiger partial charge >= 0.3 is 0 Å². The van der Waals surface area contributed by atoms with Gasteiger partial charge in [0.05, 0.1) is 5.52 Å². The van der Waals surface area contributed by atoms with Crippen molar-refractivity contribution >= 4 is 22.5 Å². The quantitative estimate of drug-likeness (QED) is 0.585. The first-order valence-corrected chi connectivity index (χ1v) is 7.96. The Morgan fingerprint density at radius 1 is 1.09 bits per heavy atom. The summed E-state index contributed by atoms with van der Waals surface area (Å²) < 4.78 is 6.22. The van der Waals surface area contributed by atoms with Crippen molar-refractivity contribution in [3.63, 3.8) is 0 Å². The van der Waals surface area contributed by atoms with Crippen LogP contribution in [0.5, 0.6) is 11.5 Å². The summed E-state index contributed by atoms with van der Waals surface area (Å²) in [6, 6.07) is 17.9. The lowest BCUT2D eigenvalue weighted by Crippen LogP contribution is -1.99. The van der Waals surface area contributed by atoms with Crippen molar-refractivity contribution < 1.29 is 4.74 Å². The molecule has 0 spiro atoms. The molecule has 23 heavy (non-hydrogen) atoms. The van der Waals surface area contributed by atoms with Crippen LogP contribution in [-0.4, -0.2) is 4.98 Å². The monoisotopic (exact) mass is 323 g/mol. The van der Waals surface area contributed by atoms with Gasteiger partial charge in [-0.25, -0.2) is 0 Å². The van der Waals surface area contributed by atoms with E-state index in [1.807, 2.05) is 74.5 Å². The summed E-state index contributed by atoms with van der Waals surface area (Å²) in [7, 11) is 0. The highest BCUT2D eigenvalue weighted by atomic mass is 35.5. The molecule has 3 aromatic rings. The van der Waals surface area contributed by atoms with Gasteiger partial charge in [0.1, 0.15) is 11.5 Å². The third-order valence-corrected chi connectivity index (χ3v) is 3.85. The molecule has 0 radical (unpaired) electrons. The van der Waals surface area contributed by atoms with Crippen molar-refractivity contribution in [1.82, 2.24) is 4.98 Å². The van der Waals surface area contributed by atoms with E-state index in [0.717, 1.165) is 38.7 Å². The second-order valence-corrected chi connectivity index (χ2v) is 6.03. The van der Waals surface area contributed by atoms with Gasteiger partial charge in [-0.2, -0.15) is 0 Å². The number of nitrogens with zero attached hydrogens (tertiary/aromatic N) is 1. The number of allylic oxidation sites excluding steroid dienone is 2. The van der Waals surface area contributed by atoms with Gasteiger partial charge in [-0.3, -0.25) is 4.98 Å². The minimum atomic E-state index is 0.696. The van der Waals surface area contributed by atoms with Crippen LogP contribution >= 0.6 is 11.6 Å². The van der Waals surface area contributed by atoms with Crippen molar-refractivity contribution in [2.75, 3.05) is 0 Å². The molecule has 0 aliphatic carbocycles. The second-order valence-electron chi connectivity index (χ2n) is 5.43. The molecule has 1 heterocycles. The molecule has 116 valence electrons. The van der Waals surface area contributed by atoms with E-state index < -0.39 is 0 Å². The summed E-state index contributed by atoms with van der Waals surface area (Å²) in [5.41, 5.74) is 2.96. The molecule has 0 saturated carbocycles. The van der Waals surface area contributed by atoms with Gasteiger partial charge in [-0.05, 0) is 44.5 Å². The topological polar surface area (TPSA) is 22.1 Å². The van der Waals surface area contributed by atoms with E-state index >= 15 is 0 Å². The van der Waals surface area contributed by atoms with Gasteiger partial charge in [0.15, 0.2) is 0 Å². The summed E-state index contributed by atoms with van der Waals surface area (Å²) in [6.45, 7) is 3.89. The number of hydrogen-bond donors (Lipinski definition) is 0. The van der Waals surface area contributed by atoms with Crippen LogP contribution in [0, 0.1) is 6.92 Å². The first-order valence-electron chi connectivity index (χ1n) is 7.58. The van der Waals surface area contributed by atoms with Gasteiger partial charge in [-0.15, -0.1) is 0 Å². The Hall–Kier alpha value is -2.32. The van der Waals surface area contributed by atoms with Crippen LogP contribution in [0.1, 0.15) is 18.2 Å². The summed E-state index contributed by atoms with van der Waals surface area (Å²) in [4.78, 5) is 4.70. The van der Waals surface area contributed by atoms with Gasteiger partial charge in [0.25, 0.3) is 0 Å². The van der Waals surface area contributed by atoms with Crippen molar-refractivity contribution in [2.45, 2.75) is 20.3 Å². The smallest absolute Gasteiger partial charge is 0.142 e. The fourth-order valence-electron chi connectivity index (χ4n) is 2.54. The van der Waals surface area contributed by atoms with Crippen molar-refractivity contribution in [1.29, 1.82) is 0 Å². The third kappa shape index (κ3) is 3.54. The first-order chi connectivity index (χ1) is 11.1. The maximum atomic E-state index is 6.22. The molecule has 0 atom stereocenters. The maximum Gasteiger partial charge on any atom is 0.142 e. The van der Waals surface area contributed by atoms with Gasteiger partial charge in [0, 0.05) is 21.7 Å². The van der Waals surface area contributed by atoms with E-state index in [0.29, 0.717) is 6.42 Å². The molecule has 3 heteroatoms. The number of para-hydroxylation sites is 2. The van der Waals surface area contributed by atoms with Gasteiger partial charge < -0.3 is 4.74 Å². The average Bonchev–Trinajstić information content (AvgIpc) is 2.55. The zero-order valence-corrected chi connectivity index (χ0v) is 14.0. The lowest BCUT2D eigenvalue weighted by molar-refractivity contribution is 0.482. The standard InChI is InChI=1S/C20H18ClNO/c1-14(21)12-13-17-15(2)22-19-11-7-6-10-18(19)20(17)23-16-8-4-3-5-9-16/h3-12H,13H2,1-2H3. The number of hydrogen-bond acceptors (Lipinski definition) is 2. The second kappa shape index (κ2) is 6.84. The van der Waals surface area contributed by atoms with Gasteiger partial charge in [-0.1, -0.05) is 48.0 Å². The summed E-state index contributed by atoms with van der Waals surface area (Å²) in [5, 5.41) is 1.78. The van der Waals surface area contributed by atoms with E-state index in [9.17, 15) is 0 Å². The van der Waals surface area contributed by atoms with Gasteiger partial charge in [0.2, 0.25) is 0 Å². The van der Waals surface area contributed by atoms with Crippen LogP contribution in [0.3, 0.4) is 0 Å². The number of benzene rings is 2. The zero-order valence-electron chi connectivity index (χ0n) is 13.2. The number of halogens is 1. The molecular formula is C20H18ClNO. The minimum Gasteiger partial charge on any atom is -0.456 e. The first kappa shape index (κ1) is 15.6. The fourth-order valence-corrected chi connectivity index (χ4v) is 2.62. The Labute approximate surface area is 141 Å². The molecule has 2 aromatic carbocycles. The van der Waals surface area contributed by atoms with E-state index in [1.54, 1.807) is 0 Å². The molecule has 0 unspecified atom stereocenters. The lowest BCUT2D eigenvalue weighted by atomic mass is 10.0. The van der Waals surface area contributed by atoms with Crippen LogP contribution in [0.4, 0.5) is 0 Å². The highest BCUT2D eigenvalue weighted by molar-refractivity contribution is 6.29. The zero-order chi connectivity index (χ0) is 16.2. The Morgan fingerprint density at radius 3 is 2.52 bits per heavy atom. The predicted molar refractivity (Wildman–Crippen MR) is 96.3 cm³/mol. The molecule has 0 amide bonds. The van der Waals surface area contributed by atoms with Crippen molar-refractivity contribution in [3.8, 4) is 11.5 Å². The molecule has 0 fully saturated rings. The Bertz CT molecular complexity index is 852. The van der Waals surface area contributed by atoms with Crippen molar-refractivity contribution in [2.24, 2.45) is 0 Å².